The first-order valence-corrected chi connectivity index (χ1v) is 14.8. The Labute approximate surface area is 250 Å². The maximum atomic E-state index is 13.8. The van der Waals surface area contributed by atoms with Gasteiger partial charge in [-0.1, -0.05) is 24.3 Å². The van der Waals surface area contributed by atoms with Crippen LogP contribution in [0.1, 0.15) is 5.56 Å². The number of nitrogens with one attached hydrogen (secondary N) is 2. The summed E-state index contributed by atoms with van der Waals surface area (Å²) in [6.07, 6.45) is -4.31. The lowest BCUT2D eigenvalue weighted by atomic mass is 9.93. The number of hydrogen-bond donors (Lipinski definition) is 3. The molecule has 12 heteroatoms. The van der Waals surface area contributed by atoms with Crippen molar-refractivity contribution in [3.63, 3.8) is 0 Å². The zero-order valence-electron chi connectivity index (χ0n) is 24.5. The Morgan fingerprint density at radius 2 is 1.67 bits per heavy atom. The molecular formula is C31H40F3N7O2. The van der Waals surface area contributed by atoms with Crippen molar-refractivity contribution >= 4 is 23.2 Å². The van der Waals surface area contributed by atoms with Crippen molar-refractivity contribution in [1.29, 1.82) is 0 Å². The van der Waals surface area contributed by atoms with Crippen LogP contribution in [0.5, 0.6) is 0 Å². The largest absolute Gasteiger partial charge is 0.413 e. The van der Waals surface area contributed by atoms with Gasteiger partial charge in [0.05, 0.1) is 22.9 Å². The van der Waals surface area contributed by atoms with E-state index in [0.29, 0.717) is 18.3 Å². The highest BCUT2D eigenvalue weighted by Gasteiger charge is 2.44. The zero-order valence-corrected chi connectivity index (χ0v) is 24.5. The number of amides is 2. The molecule has 2 aromatic rings. The van der Waals surface area contributed by atoms with Crippen LogP contribution >= 0.6 is 0 Å². The molecule has 2 saturated heterocycles. The van der Waals surface area contributed by atoms with Gasteiger partial charge in [0.25, 0.3) is 0 Å². The third-order valence-electron chi connectivity index (χ3n) is 8.46. The number of benzene rings is 2. The zero-order chi connectivity index (χ0) is 30.6. The molecule has 3 heterocycles. The topological polar surface area (TPSA) is 97.2 Å². The van der Waals surface area contributed by atoms with E-state index < -0.39 is 36.0 Å². The minimum atomic E-state index is -4.79. The molecule has 9 nitrogen and oxygen atoms in total. The third-order valence-corrected chi connectivity index (χ3v) is 8.46. The van der Waals surface area contributed by atoms with Gasteiger partial charge in [-0.05, 0) is 41.9 Å². The van der Waals surface area contributed by atoms with Gasteiger partial charge in [0.1, 0.15) is 0 Å². The summed E-state index contributed by atoms with van der Waals surface area (Å²) in [5, 5.41) is 5.17. The second kappa shape index (κ2) is 13.5. The lowest BCUT2D eigenvalue weighted by Crippen LogP contribution is -2.47. The summed E-state index contributed by atoms with van der Waals surface area (Å²) in [6, 6.07) is 14.0. The van der Waals surface area contributed by atoms with Gasteiger partial charge in [0.15, 0.2) is 0 Å². The van der Waals surface area contributed by atoms with Crippen molar-refractivity contribution in [3.05, 3.63) is 59.7 Å². The molecule has 43 heavy (non-hydrogen) atoms. The number of nitrogens with two attached hydrogens (primary N) is 1. The first-order valence-electron chi connectivity index (χ1n) is 14.8. The maximum Gasteiger partial charge on any atom is 0.413 e. The molecule has 2 amide bonds. The van der Waals surface area contributed by atoms with Gasteiger partial charge in [-0.25, -0.2) is 0 Å². The Hall–Kier alpha value is -3.45. The highest BCUT2D eigenvalue weighted by molar-refractivity contribution is 6.01. The molecule has 4 N–H and O–H groups in total. The highest BCUT2D eigenvalue weighted by atomic mass is 19.4. The molecule has 0 aliphatic carbocycles. The smallest absolute Gasteiger partial charge is 0.367 e. The fraction of sp³-hybridized carbons (Fsp3) is 0.484. The number of hydrogen-bond acceptors (Lipinski definition) is 7. The van der Waals surface area contributed by atoms with Crippen LogP contribution in [0, 0.1) is 5.92 Å². The summed E-state index contributed by atoms with van der Waals surface area (Å²) >= 11 is 0. The Kier molecular flexibility index (Phi) is 9.70. The molecule has 0 bridgehead atoms. The number of anilines is 2. The molecular weight excluding hydrogens is 559 g/mol. The Morgan fingerprint density at radius 1 is 0.977 bits per heavy atom. The van der Waals surface area contributed by atoms with Crippen LogP contribution in [-0.2, 0) is 16.1 Å². The van der Waals surface area contributed by atoms with E-state index in [4.69, 9.17) is 5.73 Å². The summed E-state index contributed by atoms with van der Waals surface area (Å²) in [6.45, 7) is 8.99. The van der Waals surface area contributed by atoms with Gasteiger partial charge in [-0.2, -0.15) is 13.2 Å². The number of halogens is 3. The van der Waals surface area contributed by atoms with Crippen molar-refractivity contribution in [2.24, 2.45) is 11.7 Å². The van der Waals surface area contributed by atoms with E-state index >= 15 is 0 Å². The fourth-order valence-corrected chi connectivity index (χ4v) is 5.94. The molecule has 2 fully saturated rings. The summed E-state index contributed by atoms with van der Waals surface area (Å²) in [4.78, 5) is 34.2. The van der Waals surface area contributed by atoms with Gasteiger partial charge in [-0.3, -0.25) is 19.4 Å². The lowest BCUT2D eigenvalue weighted by Gasteiger charge is -2.35. The van der Waals surface area contributed by atoms with E-state index in [-0.39, 0.29) is 0 Å². The van der Waals surface area contributed by atoms with Crippen molar-refractivity contribution in [2.45, 2.75) is 12.7 Å². The quantitative estimate of drug-likeness (QED) is 0.429. The Morgan fingerprint density at radius 3 is 2.37 bits per heavy atom. The molecule has 0 aromatic heterocycles. The van der Waals surface area contributed by atoms with Crippen LogP contribution in [0.25, 0.3) is 11.1 Å². The van der Waals surface area contributed by atoms with Crippen LogP contribution in [0.2, 0.25) is 0 Å². The van der Waals surface area contributed by atoms with Gasteiger partial charge >= 0.3 is 6.18 Å². The molecule has 1 unspecified atom stereocenters. The van der Waals surface area contributed by atoms with Gasteiger partial charge in [0.2, 0.25) is 11.8 Å². The second-order valence-corrected chi connectivity index (χ2v) is 11.5. The van der Waals surface area contributed by atoms with E-state index in [0.717, 1.165) is 87.8 Å². The number of likely N-dealkylation sites (N-methyl/N-ethyl adjacent to an activating group) is 1. The third kappa shape index (κ3) is 7.74. The molecule has 0 spiro atoms. The lowest BCUT2D eigenvalue weighted by molar-refractivity contribution is -0.129. The van der Waals surface area contributed by atoms with E-state index in [1.54, 1.807) is 0 Å². The maximum absolute atomic E-state index is 13.8. The van der Waals surface area contributed by atoms with Crippen molar-refractivity contribution in [3.8, 4) is 11.1 Å². The van der Waals surface area contributed by atoms with Crippen molar-refractivity contribution in [1.82, 2.24) is 20.0 Å². The molecule has 0 saturated carbocycles. The fourth-order valence-electron chi connectivity index (χ4n) is 5.94. The number of alkyl halides is 3. The summed E-state index contributed by atoms with van der Waals surface area (Å²) < 4.78 is 41.3. The first-order chi connectivity index (χ1) is 20.6. The van der Waals surface area contributed by atoms with Crippen molar-refractivity contribution < 1.29 is 22.8 Å². The van der Waals surface area contributed by atoms with Crippen molar-refractivity contribution in [2.75, 3.05) is 89.3 Å². The average Bonchev–Trinajstić information content (AvgIpc) is 2.98. The van der Waals surface area contributed by atoms with Gasteiger partial charge < -0.3 is 26.2 Å². The Bertz CT molecular complexity index is 1330. The molecule has 1 atom stereocenters. The van der Waals surface area contributed by atoms with Crippen LogP contribution in [0.15, 0.2) is 54.1 Å². The number of rotatable bonds is 8. The number of carbonyl (C=O) groups is 2. The van der Waals surface area contributed by atoms with Gasteiger partial charge in [-0.15, -0.1) is 0 Å². The minimum Gasteiger partial charge on any atom is -0.367 e. The molecule has 3 aliphatic heterocycles. The monoisotopic (exact) mass is 599 g/mol. The van der Waals surface area contributed by atoms with E-state index in [1.165, 1.54) is 0 Å². The second-order valence-electron chi connectivity index (χ2n) is 11.5. The normalized spacial score (nSPS) is 21.0. The Balaban J connectivity index is 1.39. The van der Waals surface area contributed by atoms with Crippen LogP contribution in [0.4, 0.5) is 24.5 Å². The summed E-state index contributed by atoms with van der Waals surface area (Å²) in [5.74, 6) is -3.21. The summed E-state index contributed by atoms with van der Waals surface area (Å²) in [7, 11) is 2.04. The molecule has 0 radical (unpaired) electrons. The number of piperazine rings is 2. The van der Waals surface area contributed by atoms with Gasteiger partial charge in [0, 0.05) is 84.6 Å². The molecule has 5 rings (SSSR count). The van der Waals surface area contributed by atoms with Crippen LogP contribution in [-0.4, -0.2) is 112 Å². The van der Waals surface area contributed by atoms with E-state index in [2.05, 4.69) is 42.4 Å². The standard InChI is InChI=1S/C31H40F3N7O2/c1-38-9-15-41(16-10-38)28-6-5-24(18-27(28)37-30(43)25-20-36-29(42)19-26(25)31(32,33)34)23-4-2-3-22(17-23)21-40-13-11-39(8-7-35)12-14-40/h2-6,17-19,25H,7-16,20-21,35H2,1H3,(H,36,42)(H,37,43). The van der Waals surface area contributed by atoms with E-state index in [9.17, 15) is 22.8 Å². The first kappa shape index (κ1) is 31.0. The highest BCUT2D eigenvalue weighted by Crippen LogP contribution is 2.36. The number of carbonyl (C=O) groups excluding carboxylic acids is 2. The molecule has 2 aromatic carbocycles. The minimum absolute atomic E-state index is 0.415. The SMILES string of the molecule is CN1CCN(c2ccc(-c3cccc(CN4CCN(CCN)CC4)c3)cc2NC(=O)C2CNC(=O)C=C2C(F)(F)F)CC1. The predicted molar refractivity (Wildman–Crippen MR) is 162 cm³/mol. The average molecular weight is 600 g/mol. The molecule has 3 aliphatic rings. The van der Waals surface area contributed by atoms with Crippen LogP contribution in [0.3, 0.4) is 0 Å². The van der Waals surface area contributed by atoms with Crippen LogP contribution < -0.4 is 21.3 Å². The number of nitrogens with zero attached hydrogens (tertiary/aromatic N) is 4. The summed E-state index contributed by atoms with van der Waals surface area (Å²) in [5.41, 5.74) is 8.75. The predicted octanol–water partition coefficient (Wildman–Crippen LogP) is 2.35. The van der Waals surface area contributed by atoms with E-state index in [1.807, 2.05) is 37.4 Å². The molecule has 232 valence electrons.